The number of rotatable bonds is 4. The first-order valence-electron chi connectivity index (χ1n) is 6.05. The van der Waals surface area contributed by atoms with Crippen LogP contribution in [0.25, 0.3) is 0 Å². The van der Waals surface area contributed by atoms with E-state index in [9.17, 15) is 0 Å². The van der Waals surface area contributed by atoms with Crippen LogP contribution in [0, 0.1) is 3.57 Å². The molecular weight excluding hydrogens is 335 g/mol. The van der Waals surface area contributed by atoms with Gasteiger partial charge in [-0.05, 0) is 57.8 Å². The quantitative estimate of drug-likeness (QED) is 0.503. The number of hydrogen-bond donors (Lipinski definition) is 2. The molecule has 0 bridgehead atoms. The molecule has 2 rings (SSSR count). The second-order valence-corrected chi connectivity index (χ2v) is 5.50. The highest BCUT2D eigenvalue weighted by molar-refractivity contribution is 14.1. The molecule has 0 heterocycles. The van der Waals surface area contributed by atoms with E-state index in [1.807, 2.05) is 0 Å². The van der Waals surface area contributed by atoms with Gasteiger partial charge >= 0.3 is 0 Å². The van der Waals surface area contributed by atoms with Crippen molar-refractivity contribution in [3.8, 4) is 0 Å². The highest BCUT2D eigenvalue weighted by Crippen LogP contribution is 2.23. The van der Waals surface area contributed by atoms with Crippen molar-refractivity contribution in [2.75, 3.05) is 0 Å². The summed E-state index contributed by atoms with van der Waals surface area (Å²) in [4.78, 5) is 0. The zero-order chi connectivity index (χ0) is 13.0. The molecule has 1 atom stereocenters. The van der Waals surface area contributed by atoms with Crippen molar-refractivity contribution in [2.24, 2.45) is 5.84 Å². The number of hydrazine groups is 1. The van der Waals surface area contributed by atoms with Gasteiger partial charge in [0.25, 0.3) is 0 Å². The van der Waals surface area contributed by atoms with Crippen molar-refractivity contribution >= 4 is 22.6 Å². The molecule has 18 heavy (non-hydrogen) atoms. The van der Waals surface area contributed by atoms with Crippen molar-refractivity contribution < 1.29 is 0 Å². The second-order valence-electron chi connectivity index (χ2n) is 4.25. The lowest BCUT2D eigenvalue weighted by molar-refractivity contribution is 0.636. The van der Waals surface area contributed by atoms with E-state index < -0.39 is 0 Å². The number of nitrogens with two attached hydrogens (primary N) is 1. The molecular formula is C15H17IN2. The minimum absolute atomic E-state index is 0.0495. The Hall–Kier alpha value is -0.910. The Kier molecular flexibility index (Phi) is 4.74. The topological polar surface area (TPSA) is 38.0 Å². The number of hydrogen-bond acceptors (Lipinski definition) is 2. The first-order valence-corrected chi connectivity index (χ1v) is 7.13. The fourth-order valence-corrected chi connectivity index (χ4v) is 2.39. The smallest absolute Gasteiger partial charge is 0.0710 e. The van der Waals surface area contributed by atoms with Crippen molar-refractivity contribution in [3.63, 3.8) is 0 Å². The lowest BCUT2D eigenvalue weighted by Gasteiger charge is -2.17. The van der Waals surface area contributed by atoms with Crippen LogP contribution in [-0.4, -0.2) is 0 Å². The van der Waals surface area contributed by atoms with Crippen LogP contribution in [0.3, 0.4) is 0 Å². The Morgan fingerprint density at radius 1 is 1.11 bits per heavy atom. The molecule has 0 aliphatic rings. The van der Waals surface area contributed by atoms with Crippen LogP contribution in [0.15, 0.2) is 48.5 Å². The zero-order valence-electron chi connectivity index (χ0n) is 10.4. The van der Waals surface area contributed by atoms with Crippen molar-refractivity contribution in [2.45, 2.75) is 19.4 Å². The van der Waals surface area contributed by atoms with E-state index in [0.29, 0.717) is 0 Å². The SMILES string of the molecule is CCc1cccc(C(NN)c2ccc(I)cc2)c1. The van der Waals surface area contributed by atoms with Gasteiger partial charge in [0.15, 0.2) is 0 Å². The van der Waals surface area contributed by atoms with Crippen LogP contribution in [0.1, 0.15) is 29.7 Å². The summed E-state index contributed by atoms with van der Waals surface area (Å²) in [5.41, 5.74) is 6.63. The highest BCUT2D eigenvalue weighted by Gasteiger charge is 2.12. The first kappa shape index (κ1) is 13.5. The number of benzene rings is 2. The van der Waals surface area contributed by atoms with Crippen LogP contribution in [-0.2, 0) is 6.42 Å². The van der Waals surface area contributed by atoms with Gasteiger partial charge in [0.2, 0.25) is 0 Å². The van der Waals surface area contributed by atoms with Crippen LogP contribution < -0.4 is 11.3 Å². The molecule has 1 unspecified atom stereocenters. The molecule has 3 N–H and O–H groups in total. The Balaban J connectivity index is 2.35. The lowest BCUT2D eigenvalue weighted by atomic mass is 9.97. The first-order chi connectivity index (χ1) is 8.74. The van der Waals surface area contributed by atoms with Gasteiger partial charge in [-0.1, -0.05) is 43.3 Å². The van der Waals surface area contributed by atoms with E-state index in [1.54, 1.807) is 0 Å². The van der Waals surface area contributed by atoms with Gasteiger partial charge in [-0.3, -0.25) is 5.84 Å². The summed E-state index contributed by atoms with van der Waals surface area (Å²) in [5, 5.41) is 0. The summed E-state index contributed by atoms with van der Waals surface area (Å²) in [7, 11) is 0. The average molecular weight is 352 g/mol. The summed E-state index contributed by atoms with van der Waals surface area (Å²) in [6, 6.07) is 17.0. The van der Waals surface area contributed by atoms with Gasteiger partial charge in [-0.15, -0.1) is 0 Å². The molecule has 3 heteroatoms. The monoisotopic (exact) mass is 352 g/mol. The van der Waals surface area contributed by atoms with Gasteiger partial charge in [0.1, 0.15) is 0 Å². The molecule has 0 aromatic heterocycles. The standard InChI is InChI=1S/C15H17IN2/c1-2-11-4-3-5-13(10-11)15(18-17)12-6-8-14(16)9-7-12/h3-10,15,18H,2,17H2,1H3. The summed E-state index contributed by atoms with van der Waals surface area (Å²) >= 11 is 2.31. The summed E-state index contributed by atoms with van der Waals surface area (Å²) in [6.45, 7) is 2.16. The largest absolute Gasteiger partial charge is 0.271 e. The van der Waals surface area contributed by atoms with Crippen LogP contribution in [0.4, 0.5) is 0 Å². The summed E-state index contributed by atoms with van der Waals surface area (Å²) < 4.78 is 1.23. The van der Waals surface area contributed by atoms with Crippen molar-refractivity contribution in [3.05, 3.63) is 68.8 Å². The Morgan fingerprint density at radius 3 is 2.44 bits per heavy atom. The zero-order valence-corrected chi connectivity index (χ0v) is 12.5. The third kappa shape index (κ3) is 3.10. The second kappa shape index (κ2) is 6.31. The maximum Gasteiger partial charge on any atom is 0.0710 e. The minimum atomic E-state index is 0.0495. The molecule has 0 fully saturated rings. The van der Waals surface area contributed by atoms with Gasteiger partial charge in [0, 0.05) is 3.57 Å². The predicted molar refractivity (Wildman–Crippen MR) is 84.1 cm³/mol. The lowest BCUT2D eigenvalue weighted by Crippen LogP contribution is -2.28. The Morgan fingerprint density at radius 2 is 1.83 bits per heavy atom. The van der Waals surface area contributed by atoms with Crippen LogP contribution in [0.2, 0.25) is 0 Å². The van der Waals surface area contributed by atoms with Crippen molar-refractivity contribution in [1.29, 1.82) is 0 Å². The van der Waals surface area contributed by atoms with E-state index in [4.69, 9.17) is 5.84 Å². The summed E-state index contributed by atoms with van der Waals surface area (Å²) in [5.74, 6) is 5.71. The normalized spacial score (nSPS) is 12.4. The number of aryl methyl sites for hydroxylation is 1. The van der Waals surface area contributed by atoms with Gasteiger partial charge in [-0.25, -0.2) is 5.43 Å². The van der Waals surface area contributed by atoms with E-state index in [1.165, 1.54) is 20.3 Å². The Bertz CT molecular complexity index is 508. The third-order valence-electron chi connectivity index (χ3n) is 3.06. The minimum Gasteiger partial charge on any atom is -0.271 e. The van der Waals surface area contributed by atoms with E-state index in [0.717, 1.165) is 6.42 Å². The maximum absolute atomic E-state index is 5.71. The summed E-state index contributed by atoms with van der Waals surface area (Å²) in [6.07, 6.45) is 1.04. The average Bonchev–Trinajstić information content (AvgIpc) is 2.42. The molecule has 0 saturated carbocycles. The molecule has 0 spiro atoms. The predicted octanol–water partition coefficient (Wildman–Crippen LogP) is 3.41. The fraction of sp³-hybridized carbons (Fsp3) is 0.200. The molecule has 0 aliphatic heterocycles. The maximum atomic E-state index is 5.71. The van der Waals surface area contributed by atoms with Crippen molar-refractivity contribution in [1.82, 2.24) is 5.43 Å². The van der Waals surface area contributed by atoms with Gasteiger partial charge in [-0.2, -0.15) is 0 Å². The highest BCUT2D eigenvalue weighted by atomic mass is 127. The van der Waals surface area contributed by atoms with E-state index in [-0.39, 0.29) is 6.04 Å². The fourth-order valence-electron chi connectivity index (χ4n) is 2.03. The number of halogens is 1. The van der Waals surface area contributed by atoms with E-state index >= 15 is 0 Å². The molecule has 0 aliphatic carbocycles. The molecule has 2 aromatic rings. The molecule has 2 nitrogen and oxygen atoms in total. The van der Waals surface area contributed by atoms with Gasteiger partial charge in [0.05, 0.1) is 6.04 Å². The molecule has 2 aromatic carbocycles. The van der Waals surface area contributed by atoms with Crippen LogP contribution in [0.5, 0.6) is 0 Å². The third-order valence-corrected chi connectivity index (χ3v) is 3.78. The molecule has 94 valence electrons. The van der Waals surface area contributed by atoms with E-state index in [2.05, 4.69) is 83.5 Å². The molecule has 0 saturated heterocycles. The molecule has 0 radical (unpaired) electrons. The number of nitrogens with one attached hydrogen (secondary N) is 1. The molecule has 0 amide bonds. The Labute approximate surface area is 122 Å². The van der Waals surface area contributed by atoms with Crippen LogP contribution >= 0.6 is 22.6 Å². The van der Waals surface area contributed by atoms with Gasteiger partial charge < -0.3 is 0 Å².